The molecule has 2 amide bonds. The zero-order valence-electron chi connectivity index (χ0n) is 9.63. The highest BCUT2D eigenvalue weighted by atomic mass is 16.2. The van der Waals surface area contributed by atoms with Crippen molar-refractivity contribution in [1.29, 1.82) is 0 Å². The number of nitrogens with one attached hydrogen (secondary N) is 2. The van der Waals surface area contributed by atoms with Gasteiger partial charge >= 0.3 is 0 Å². The average Bonchev–Trinajstić information content (AvgIpc) is 3.09. The van der Waals surface area contributed by atoms with Gasteiger partial charge in [0.05, 0.1) is 0 Å². The van der Waals surface area contributed by atoms with Crippen LogP contribution in [0.2, 0.25) is 0 Å². The molecule has 0 atom stereocenters. The Kier molecular flexibility index (Phi) is 3.80. The van der Waals surface area contributed by atoms with Crippen LogP contribution in [0.25, 0.3) is 0 Å². The van der Waals surface area contributed by atoms with E-state index in [9.17, 15) is 9.59 Å². The van der Waals surface area contributed by atoms with Crippen molar-refractivity contribution in [1.82, 2.24) is 10.9 Å². The second-order valence-corrected chi connectivity index (χ2v) is 4.94. The lowest BCUT2D eigenvalue weighted by Crippen LogP contribution is -2.45. The fraction of sp³-hybridized carbons (Fsp3) is 0.833. The third kappa shape index (κ3) is 3.22. The number of hydrazine groups is 1. The standard InChI is InChI=1S/C12H20N2O2/c15-11(9-5-3-1-2-4-6-9)13-14-12(16)10-7-8-10/h9-10H,1-8H2,(H,13,15)(H,14,16). The Morgan fingerprint density at radius 2 is 1.12 bits per heavy atom. The molecule has 0 unspecified atom stereocenters. The normalized spacial score (nSPS) is 22.2. The fourth-order valence-corrected chi connectivity index (χ4v) is 2.21. The number of carbonyl (C=O) groups is 2. The third-order valence-electron chi connectivity index (χ3n) is 3.48. The lowest BCUT2D eigenvalue weighted by atomic mass is 10.00. The molecule has 0 aliphatic heterocycles. The van der Waals surface area contributed by atoms with E-state index in [1.807, 2.05) is 0 Å². The summed E-state index contributed by atoms with van der Waals surface area (Å²) in [6, 6.07) is 0. The molecule has 16 heavy (non-hydrogen) atoms. The van der Waals surface area contributed by atoms with Crippen LogP contribution in [-0.4, -0.2) is 11.8 Å². The SMILES string of the molecule is O=C(NNC(=O)C1CC1)C1CCCCCC1. The Morgan fingerprint density at radius 3 is 1.56 bits per heavy atom. The monoisotopic (exact) mass is 224 g/mol. The summed E-state index contributed by atoms with van der Waals surface area (Å²) in [5, 5.41) is 0. The minimum atomic E-state index is -0.0260. The fourth-order valence-electron chi connectivity index (χ4n) is 2.21. The van der Waals surface area contributed by atoms with Gasteiger partial charge in [0.15, 0.2) is 0 Å². The Labute approximate surface area is 96.1 Å². The van der Waals surface area contributed by atoms with Crippen molar-refractivity contribution in [3.8, 4) is 0 Å². The van der Waals surface area contributed by atoms with Crippen molar-refractivity contribution >= 4 is 11.8 Å². The Morgan fingerprint density at radius 1 is 0.688 bits per heavy atom. The molecule has 0 heterocycles. The Bertz CT molecular complexity index is 266. The third-order valence-corrected chi connectivity index (χ3v) is 3.48. The molecular formula is C12H20N2O2. The number of hydrogen-bond acceptors (Lipinski definition) is 2. The zero-order chi connectivity index (χ0) is 11.4. The van der Waals surface area contributed by atoms with Gasteiger partial charge in [-0.1, -0.05) is 25.7 Å². The molecule has 0 bridgehead atoms. The van der Waals surface area contributed by atoms with Gasteiger partial charge in [0, 0.05) is 11.8 Å². The van der Waals surface area contributed by atoms with Gasteiger partial charge in [0.25, 0.3) is 0 Å². The molecule has 90 valence electrons. The molecule has 2 saturated carbocycles. The molecule has 4 heteroatoms. The molecular weight excluding hydrogens is 204 g/mol. The smallest absolute Gasteiger partial charge is 0.241 e. The van der Waals surface area contributed by atoms with E-state index >= 15 is 0 Å². The maximum Gasteiger partial charge on any atom is 0.241 e. The molecule has 2 fully saturated rings. The Hall–Kier alpha value is -1.06. The van der Waals surface area contributed by atoms with E-state index in [4.69, 9.17) is 0 Å². The minimum Gasteiger partial charge on any atom is -0.273 e. The van der Waals surface area contributed by atoms with Gasteiger partial charge in [-0.2, -0.15) is 0 Å². The number of rotatable bonds is 2. The predicted molar refractivity (Wildman–Crippen MR) is 60.2 cm³/mol. The van der Waals surface area contributed by atoms with Crippen molar-refractivity contribution in [2.45, 2.75) is 51.4 Å². The van der Waals surface area contributed by atoms with E-state index < -0.39 is 0 Å². The van der Waals surface area contributed by atoms with Crippen molar-refractivity contribution < 1.29 is 9.59 Å². The molecule has 2 rings (SSSR count). The zero-order valence-corrected chi connectivity index (χ0v) is 9.63. The van der Waals surface area contributed by atoms with E-state index in [1.165, 1.54) is 12.8 Å². The molecule has 2 N–H and O–H groups in total. The summed E-state index contributed by atoms with van der Waals surface area (Å²) in [6.45, 7) is 0. The summed E-state index contributed by atoms with van der Waals surface area (Å²) >= 11 is 0. The molecule has 4 nitrogen and oxygen atoms in total. The van der Waals surface area contributed by atoms with Crippen molar-refractivity contribution in [2.75, 3.05) is 0 Å². The molecule has 0 saturated heterocycles. The first-order chi connectivity index (χ1) is 7.77. The first kappa shape index (κ1) is 11.4. The lowest BCUT2D eigenvalue weighted by molar-refractivity contribution is -0.132. The summed E-state index contributed by atoms with van der Waals surface area (Å²) in [4.78, 5) is 23.1. The maximum absolute atomic E-state index is 11.8. The molecule has 2 aliphatic rings. The molecule has 0 aromatic rings. The van der Waals surface area contributed by atoms with Gasteiger partial charge in [-0.25, -0.2) is 0 Å². The predicted octanol–water partition coefficient (Wildman–Crippen LogP) is 1.51. The summed E-state index contributed by atoms with van der Waals surface area (Å²) < 4.78 is 0. The van der Waals surface area contributed by atoms with Crippen LogP contribution >= 0.6 is 0 Å². The second-order valence-electron chi connectivity index (χ2n) is 4.94. The average molecular weight is 224 g/mol. The molecule has 0 aromatic heterocycles. The van der Waals surface area contributed by atoms with Gasteiger partial charge in [-0.15, -0.1) is 0 Å². The van der Waals surface area contributed by atoms with Crippen LogP contribution in [0.1, 0.15) is 51.4 Å². The van der Waals surface area contributed by atoms with Crippen LogP contribution in [0.4, 0.5) is 0 Å². The quantitative estimate of drug-likeness (QED) is 0.552. The summed E-state index contributed by atoms with van der Waals surface area (Å²) in [5.41, 5.74) is 5.09. The van der Waals surface area contributed by atoms with Crippen molar-refractivity contribution in [3.63, 3.8) is 0 Å². The molecule has 0 radical (unpaired) electrons. The second kappa shape index (κ2) is 5.32. The number of carbonyl (C=O) groups excluding carboxylic acids is 2. The number of amides is 2. The summed E-state index contributed by atoms with van der Waals surface area (Å²) in [5.74, 6) is 0.217. The largest absolute Gasteiger partial charge is 0.273 e. The van der Waals surface area contributed by atoms with Gasteiger partial charge < -0.3 is 0 Å². The maximum atomic E-state index is 11.8. The molecule has 0 spiro atoms. The van der Waals surface area contributed by atoms with E-state index in [0.29, 0.717) is 0 Å². The van der Waals surface area contributed by atoms with Crippen LogP contribution in [0, 0.1) is 11.8 Å². The van der Waals surface area contributed by atoms with Crippen LogP contribution in [-0.2, 0) is 9.59 Å². The van der Waals surface area contributed by atoms with Crippen LogP contribution in [0.3, 0.4) is 0 Å². The van der Waals surface area contributed by atoms with Crippen molar-refractivity contribution in [3.05, 3.63) is 0 Å². The molecule has 0 aromatic carbocycles. The van der Waals surface area contributed by atoms with Crippen LogP contribution in [0.5, 0.6) is 0 Å². The number of hydrogen-bond donors (Lipinski definition) is 2. The van der Waals surface area contributed by atoms with Crippen LogP contribution < -0.4 is 10.9 Å². The minimum absolute atomic E-state index is 0.00380. The highest BCUT2D eigenvalue weighted by Gasteiger charge is 2.30. The van der Waals surface area contributed by atoms with E-state index in [2.05, 4.69) is 10.9 Å². The van der Waals surface area contributed by atoms with Gasteiger partial charge in [-0.05, 0) is 25.7 Å². The van der Waals surface area contributed by atoms with E-state index in [-0.39, 0.29) is 23.7 Å². The van der Waals surface area contributed by atoms with E-state index in [0.717, 1.165) is 38.5 Å². The first-order valence-corrected chi connectivity index (χ1v) is 6.37. The van der Waals surface area contributed by atoms with Crippen LogP contribution in [0.15, 0.2) is 0 Å². The summed E-state index contributed by atoms with van der Waals surface area (Å²) in [6.07, 6.45) is 8.59. The topological polar surface area (TPSA) is 58.2 Å². The molecule has 2 aliphatic carbocycles. The Balaban J connectivity index is 1.70. The summed E-state index contributed by atoms with van der Waals surface area (Å²) in [7, 11) is 0. The van der Waals surface area contributed by atoms with E-state index in [1.54, 1.807) is 0 Å². The van der Waals surface area contributed by atoms with Gasteiger partial charge in [0.2, 0.25) is 11.8 Å². The lowest BCUT2D eigenvalue weighted by Gasteiger charge is -2.14. The highest BCUT2D eigenvalue weighted by Crippen LogP contribution is 2.28. The first-order valence-electron chi connectivity index (χ1n) is 6.37. The van der Waals surface area contributed by atoms with Crippen molar-refractivity contribution in [2.24, 2.45) is 11.8 Å². The van der Waals surface area contributed by atoms with Gasteiger partial charge in [-0.3, -0.25) is 20.4 Å². The highest BCUT2D eigenvalue weighted by molar-refractivity contribution is 5.85. The van der Waals surface area contributed by atoms with Gasteiger partial charge in [0.1, 0.15) is 0 Å².